The van der Waals surface area contributed by atoms with E-state index in [4.69, 9.17) is 9.47 Å². The molecule has 176 valence electrons. The van der Waals surface area contributed by atoms with Gasteiger partial charge in [0.15, 0.2) is 5.82 Å². The maximum Gasteiger partial charge on any atom is 0.166 e. The maximum absolute atomic E-state index is 9.82. The Morgan fingerprint density at radius 1 is 1.24 bits per heavy atom. The average Bonchev–Trinajstić information content (AvgIpc) is 3.53. The van der Waals surface area contributed by atoms with Crippen LogP contribution in [0, 0.1) is 23.2 Å². The van der Waals surface area contributed by atoms with Gasteiger partial charge in [0.2, 0.25) is 0 Å². The van der Waals surface area contributed by atoms with Crippen molar-refractivity contribution in [3.8, 4) is 17.3 Å². The van der Waals surface area contributed by atoms with E-state index in [-0.39, 0.29) is 6.10 Å². The van der Waals surface area contributed by atoms with Crippen molar-refractivity contribution in [3.05, 3.63) is 36.0 Å². The lowest BCUT2D eigenvalue weighted by Crippen LogP contribution is -2.38. The first-order valence-corrected chi connectivity index (χ1v) is 12.1. The van der Waals surface area contributed by atoms with Crippen molar-refractivity contribution in [1.29, 1.82) is 5.26 Å². The Morgan fingerprint density at radius 2 is 2.18 bits per heavy atom. The first-order chi connectivity index (χ1) is 16.7. The van der Waals surface area contributed by atoms with Gasteiger partial charge in [-0.05, 0) is 55.8 Å². The summed E-state index contributed by atoms with van der Waals surface area (Å²) < 4.78 is 13.2. The second-order valence-corrected chi connectivity index (χ2v) is 9.73. The normalized spacial score (nSPS) is 28.6. The first kappa shape index (κ1) is 21.5. The Hall–Kier alpha value is -3.06. The summed E-state index contributed by atoms with van der Waals surface area (Å²) in [5.41, 5.74) is 3.07. The van der Waals surface area contributed by atoms with Crippen LogP contribution < -0.4 is 10.6 Å². The molecule has 34 heavy (non-hydrogen) atoms. The Morgan fingerprint density at radius 3 is 3.03 bits per heavy atom. The van der Waals surface area contributed by atoms with E-state index in [0.717, 1.165) is 42.3 Å². The van der Waals surface area contributed by atoms with Crippen LogP contribution in [0.25, 0.3) is 22.2 Å². The predicted octanol–water partition coefficient (Wildman–Crippen LogP) is 2.49. The molecule has 2 saturated heterocycles. The molecule has 5 atom stereocenters. The monoisotopic (exact) mass is 459 g/mol. The number of benzene rings is 1. The molecule has 9 heteroatoms. The van der Waals surface area contributed by atoms with Gasteiger partial charge in [-0.1, -0.05) is 6.07 Å². The number of hydrogen-bond acceptors (Lipinski definition) is 8. The van der Waals surface area contributed by atoms with E-state index in [1.807, 2.05) is 37.5 Å². The Labute approximate surface area is 198 Å². The van der Waals surface area contributed by atoms with E-state index in [2.05, 4.69) is 32.0 Å². The Bertz CT molecular complexity index is 1230. The standard InChI is InChI=1S/C25H29N7O2/c1-32-13-18-6-15(2-3-22(18)31-32)23-8-16(11-26)25(30-29-23)28-19-7-17-12-27-24(21(17)9-19)10-20-14-33-4-5-34-20/h2-3,6,8,13,17,19-21,24,27H,4-5,7,9-10,12,14H2,1H3,(H,28,30)/t17-,19+,20-,21+,24+/m1/s1. The molecule has 3 aromatic rings. The zero-order chi connectivity index (χ0) is 23.1. The molecule has 0 unspecified atom stereocenters. The summed E-state index contributed by atoms with van der Waals surface area (Å²) in [5.74, 6) is 1.81. The first-order valence-electron chi connectivity index (χ1n) is 12.1. The highest BCUT2D eigenvalue weighted by Crippen LogP contribution is 2.41. The average molecular weight is 460 g/mol. The summed E-state index contributed by atoms with van der Waals surface area (Å²) in [6.45, 7) is 3.12. The van der Waals surface area contributed by atoms with E-state index in [1.54, 1.807) is 4.68 Å². The van der Waals surface area contributed by atoms with Gasteiger partial charge in [0.05, 0.1) is 42.7 Å². The maximum atomic E-state index is 9.82. The molecule has 3 aliphatic rings. The molecule has 4 heterocycles. The second-order valence-electron chi connectivity index (χ2n) is 9.73. The molecule has 2 aromatic heterocycles. The molecule has 3 fully saturated rings. The SMILES string of the molecule is Cn1cc2cc(-c3cc(C#N)c(N[C@H]4C[C@@H]5CN[C@@H](C[C@@H]6COCCO6)[C@H]5C4)nn3)ccc2n1. The lowest BCUT2D eigenvalue weighted by Gasteiger charge is -2.28. The molecule has 0 amide bonds. The van der Waals surface area contributed by atoms with Crippen molar-refractivity contribution in [2.75, 3.05) is 31.7 Å². The fraction of sp³-hybridized carbons (Fsp3) is 0.520. The van der Waals surface area contributed by atoms with Crippen molar-refractivity contribution in [1.82, 2.24) is 25.3 Å². The van der Waals surface area contributed by atoms with Gasteiger partial charge in [0, 0.05) is 36.3 Å². The number of rotatable bonds is 5. The number of aryl methyl sites for hydroxylation is 1. The van der Waals surface area contributed by atoms with Crippen LogP contribution in [0.2, 0.25) is 0 Å². The van der Waals surface area contributed by atoms with E-state index >= 15 is 0 Å². The van der Waals surface area contributed by atoms with E-state index < -0.39 is 0 Å². The van der Waals surface area contributed by atoms with Gasteiger partial charge in [0.1, 0.15) is 6.07 Å². The fourth-order valence-corrected chi connectivity index (χ4v) is 5.90. The quantitative estimate of drug-likeness (QED) is 0.599. The van der Waals surface area contributed by atoms with Crippen LogP contribution in [0.4, 0.5) is 5.82 Å². The molecule has 1 saturated carbocycles. The van der Waals surface area contributed by atoms with Gasteiger partial charge in [-0.3, -0.25) is 4.68 Å². The van der Waals surface area contributed by atoms with Crippen molar-refractivity contribution in [2.45, 2.75) is 37.5 Å². The third-order valence-corrected chi connectivity index (χ3v) is 7.48. The number of hydrogen-bond donors (Lipinski definition) is 2. The van der Waals surface area contributed by atoms with E-state index in [1.165, 1.54) is 0 Å². The molecular weight excluding hydrogens is 430 g/mol. The lowest BCUT2D eigenvalue weighted by molar-refractivity contribution is -0.0943. The molecule has 1 aromatic carbocycles. The number of nitrogens with one attached hydrogen (secondary N) is 2. The minimum atomic E-state index is 0.187. The Kier molecular flexibility index (Phi) is 5.65. The van der Waals surface area contributed by atoms with Crippen LogP contribution in [0.5, 0.6) is 0 Å². The minimum Gasteiger partial charge on any atom is -0.376 e. The molecule has 0 spiro atoms. The highest BCUT2D eigenvalue weighted by atomic mass is 16.6. The number of nitrogens with zero attached hydrogens (tertiary/aromatic N) is 5. The van der Waals surface area contributed by atoms with E-state index in [0.29, 0.717) is 60.8 Å². The van der Waals surface area contributed by atoms with Gasteiger partial charge < -0.3 is 20.1 Å². The van der Waals surface area contributed by atoms with Crippen molar-refractivity contribution < 1.29 is 9.47 Å². The van der Waals surface area contributed by atoms with Gasteiger partial charge >= 0.3 is 0 Å². The summed E-state index contributed by atoms with van der Waals surface area (Å²) in [6, 6.07) is 10.9. The molecule has 6 rings (SSSR count). The van der Waals surface area contributed by atoms with Crippen LogP contribution in [0.3, 0.4) is 0 Å². The largest absolute Gasteiger partial charge is 0.376 e. The van der Waals surface area contributed by atoms with E-state index in [9.17, 15) is 5.26 Å². The van der Waals surface area contributed by atoms with Crippen LogP contribution >= 0.6 is 0 Å². The Balaban J connectivity index is 1.15. The highest BCUT2D eigenvalue weighted by Gasteiger charge is 2.44. The number of nitriles is 1. The second kappa shape index (κ2) is 8.95. The predicted molar refractivity (Wildman–Crippen MR) is 127 cm³/mol. The number of anilines is 1. The van der Waals surface area contributed by atoms with Crippen molar-refractivity contribution in [2.24, 2.45) is 18.9 Å². The molecule has 9 nitrogen and oxygen atoms in total. The topological polar surface area (TPSA) is 110 Å². The fourth-order valence-electron chi connectivity index (χ4n) is 5.90. The molecule has 1 aliphatic carbocycles. The zero-order valence-electron chi connectivity index (χ0n) is 19.3. The lowest BCUT2D eigenvalue weighted by atomic mass is 9.91. The van der Waals surface area contributed by atoms with Crippen LogP contribution in [-0.2, 0) is 16.5 Å². The molecule has 2 aliphatic heterocycles. The van der Waals surface area contributed by atoms with Crippen molar-refractivity contribution in [3.63, 3.8) is 0 Å². The molecule has 2 N–H and O–H groups in total. The summed E-state index contributed by atoms with van der Waals surface area (Å²) >= 11 is 0. The van der Waals surface area contributed by atoms with Crippen LogP contribution in [0.15, 0.2) is 30.5 Å². The third kappa shape index (κ3) is 4.13. The summed E-state index contributed by atoms with van der Waals surface area (Å²) in [4.78, 5) is 0. The van der Waals surface area contributed by atoms with Crippen LogP contribution in [0.1, 0.15) is 24.8 Å². The van der Waals surface area contributed by atoms with Gasteiger partial charge in [0.25, 0.3) is 0 Å². The number of ether oxygens (including phenoxy) is 2. The molecular formula is C25H29N7O2. The van der Waals surface area contributed by atoms with Gasteiger partial charge in [-0.15, -0.1) is 10.2 Å². The summed E-state index contributed by atoms with van der Waals surface area (Å²) in [7, 11) is 1.90. The highest BCUT2D eigenvalue weighted by molar-refractivity contribution is 5.83. The number of fused-ring (bicyclic) bond motifs is 2. The van der Waals surface area contributed by atoms with Crippen molar-refractivity contribution >= 4 is 16.7 Å². The smallest absolute Gasteiger partial charge is 0.166 e. The number of aromatic nitrogens is 4. The minimum absolute atomic E-state index is 0.187. The van der Waals surface area contributed by atoms with Gasteiger partial charge in [-0.2, -0.15) is 10.4 Å². The summed E-state index contributed by atoms with van der Waals surface area (Å²) in [5, 5.41) is 31.4. The van der Waals surface area contributed by atoms with Crippen LogP contribution in [-0.4, -0.2) is 64.5 Å². The summed E-state index contributed by atoms with van der Waals surface area (Å²) in [6.07, 6.45) is 5.28. The van der Waals surface area contributed by atoms with Gasteiger partial charge in [-0.25, -0.2) is 0 Å². The zero-order valence-corrected chi connectivity index (χ0v) is 19.3. The molecule has 0 bridgehead atoms. The molecule has 0 radical (unpaired) electrons. The third-order valence-electron chi connectivity index (χ3n) is 7.48.